The Balaban J connectivity index is 1.54. The van der Waals surface area contributed by atoms with Gasteiger partial charge in [0.05, 0.1) is 18.7 Å². The fourth-order valence-corrected chi connectivity index (χ4v) is 5.15. The minimum Gasteiger partial charge on any atom is -0.503 e. The molecule has 5 rings (SSSR count). The molecule has 3 aromatic carbocycles. The number of nitrogens with zero attached hydrogens (tertiary/aromatic N) is 1. The molecule has 0 bridgehead atoms. The fraction of sp³-hybridized carbons (Fsp3) is 0.250. The minimum absolute atomic E-state index is 0.0342. The number of hydrogen-bond donors (Lipinski definition) is 1. The van der Waals surface area contributed by atoms with E-state index in [4.69, 9.17) is 25.5 Å². The van der Waals surface area contributed by atoms with Crippen LogP contribution in [0.2, 0.25) is 5.02 Å². The first-order valence-corrected chi connectivity index (χ1v) is 13.2. The molecular weight excluding hydrogens is 530 g/mol. The van der Waals surface area contributed by atoms with Crippen LogP contribution in [0.25, 0.3) is 11.0 Å². The number of aryl methyl sites for hydroxylation is 1. The summed E-state index contributed by atoms with van der Waals surface area (Å²) >= 11 is 6.20. The monoisotopic (exact) mass is 559 g/mol. The first-order chi connectivity index (χ1) is 18.9. The van der Waals surface area contributed by atoms with Crippen molar-refractivity contribution in [2.24, 2.45) is 0 Å². The summed E-state index contributed by atoms with van der Waals surface area (Å²) < 4.78 is 17.2. The van der Waals surface area contributed by atoms with Crippen molar-refractivity contribution in [3.63, 3.8) is 0 Å². The van der Waals surface area contributed by atoms with Gasteiger partial charge in [-0.3, -0.25) is 9.59 Å². The summed E-state index contributed by atoms with van der Waals surface area (Å²) in [7, 11) is 1.48. The van der Waals surface area contributed by atoms with Gasteiger partial charge in [-0.2, -0.15) is 0 Å². The molecule has 4 aromatic rings. The molecule has 0 saturated carbocycles. The van der Waals surface area contributed by atoms with Crippen LogP contribution in [0.1, 0.15) is 54.1 Å². The normalized spacial score (nSPS) is 15.7. The van der Waals surface area contributed by atoms with Crippen molar-refractivity contribution in [1.82, 2.24) is 4.90 Å². The Morgan fingerprint density at radius 2 is 1.80 bits per heavy atom. The molecule has 1 amide bonds. The van der Waals surface area contributed by atoms with Crippen LogP contribution in [0.4, 0.5) is 0 Å². The van der Waals surface area contributed by atoms with E-state index in [2.05, 4.69) is 0 Å². The topological polar surface area (TPSA) is 89.2 Å². The number of ketones is 1. The lowest BCUT2D eigenvalue weighted by molar-refractivity contribution is -0.130. The average Bonchev–Trinajstić information content (AvgIpc) is 3.43. The summed E-state index contributed by atoms with van der Waals surface area (Å²) in [6, 6.07) is 18.9. The Labute approximate surface area is 237 Å². The Morgan fingerprint density at radius 1 is 1.07 bits per heavy atom. The van der Waals surface area contributed by atoms with Crippen molar-refractivity contribution >= 4 is 34.3 Å². The van der Waals surface area contributed by atoms with Crippen molar-refractivity contribution in [3.8, 4) is 11.5 Å². The number of ether oxygens (including phenoxy) is 2. The summed E-state index contributed by atoms with van der Waals surface area (Å²) in [5, 5.41) is 12.1. The van der Waals surface area contributed by atoms with Gasteiger partial charge < -0.3 is 23.9 Å². The zero-order chi connectivity index (χ0) is 28.8. The lowest BCUT2D eigenvalue weighted by Crippen LogP contribution is -2.30. The minimum atomic E-state index is -0.830. The van der Waals surface area contributed by atoms with Gasteiger partial charge >= 0.3 is 0 Å². The maximum atomic E-state index is 13.9. The first-order valence-electron chi connectivity index (χ1n) is 12.9. The molecule has 1 aliphatic rings. The van der Waals surface area contributed by atoms with Crippen LogP contribution in [0.15, 0.2) is 82.5 Å². The van der Waals surface area contributed by atoms with Gasteiger partial charge in [0, 0.05) is 23.0 Å². The number of methoxy groups -OCH3 is 1. The summed E-state index contributed by atoms with van der Waals surface area (Å²) in [5.41, 5.74) is 2.42. The lowest BCUT2D eigenvalue weighted by atomic mass is 9.94. The SMILES string of the molecule is COc1cc(Cl)cc2cc(C(=O)C3=C(O)C(=O)N(Cc4ccc(OC(C)(C)C)cc4)C3c3cccc(C)c3)oc12. The van der Waals surface area contributed by atoms with Gasteiger partial charge in [0.1, 0.15) is 11.4 Å². The Bertz CT molecular complexity index is 1640. The van der Waals surface area contributed by atoms with E-state index >= 15 is 0 Å². The standard InChI is InChI=1S/C32H30ClNO6/c1-18-7-6-8-20(13-18)27-26(28(35)24-15-21-14-22(33)16-25(38-5)30(21)39-24)29(36)31(37)34(27)17-19-9-11-23(12-10-19)40-32(2,3)4/h6-16,27,36H,17H2,1-5H3. The maximum Gasteiger partial charge on any atom is 0.290 e. The Morgan fingerprint density at radius 3 is 2.45 bits per heavy atom. The molecule has 1 aromatic heterocycles. The molecule has 1 unspecified atom stereocenters. The number of furan rings is 1. The van der Waals surface area contributed by atoms with Crippen LogP contribution in [0.3, 0.4) is 0 Å². The fourth-order valence-electron chi connectivity index (χ4n) is 4.93. The molecule has 2 heterocycles. The molecule has 1 N–H and O–H groups in total. The number of benzene rings is 3. The van der Waals surface area contributed by atoms with Crippen LogP contribution < -0.4 is 9.47 Å². The van der Waals surface area contributed by atoms with E-state index in [1.165, 1.54) is 12.0 Å². The van der Waals surface area contributed by atoms with Crippen LogP contribution >= 0.6 is 11.6 Å². The van der Waals surface area contributed by atoms with E-state index in [0.717, 1.165) is 11.1 Å². The number of halogens is 1. The molecule has 1 atom stereocenters. The highest BCUT2D eigenvalue weighted by Crippen LogP contribution is 2.41. The second-order valence-corrected chi connectivity index (χ2v) is 11.3. The number of hydrogen-bond acceptors (Lipinski definition) is 6. The second kappa shape index (κ2) is 10.4. The summed E-state index contributed by atoms with van der Waals surface area (Å²) in [5.74, 6) is -0.790. The number of amides is 1. The molecule has 7 nitrogen and oxygen atoms in total. The number of carbonyl (C=O) groups is 2. The third-order valence-electron chi connectivity index (χ3n) is 6.60. The van der Waals surface area contributed by atoms with Gasteiger partial charge in [0.25, 0.3) is 5.91 Å². The molecule has 1 aliphatic heterocycles. The third kappa shape index (κ3) is 5.29. The number of fused-ring (bicyclic) bond motifs is 1. The van der Waals surface area contributed by atoms with E-state index in [9.17, 15) is 14.7 Å². The maximum absolute atomic E-state index is 13.9. The molecule has 0 fully saturated rings. The molecule has 8 heteroatoms. The average molecular weight is 560 g/mol. The van der Waals surface area contributed by atoms with Crippen molar-refractivity contribution in [3.05, 3.63) is 106 Å². The molecule has 40 heavy (non-hydrogen) atoms. The quantitative estimate of drug-likeness (QED) is 0.238. The molecule has 206 valence electrons. The molecule has 0 aliphatic carbocycles. The van der Waals surface area contributed by atoms with Crippen molar-refractivity contribution < 1.29 is 28.6 Å². The summed E-state index contributed by atoms with van der Waals surface area (Å²) in [4.78, 5) is 28.9. The van der Waals surface area contributed by atoms with E-state index in [1.54, 1.807) is 18.2 Å². The predicted octanol–water partition coefficient (Wildman–Crippen LogP) is 7.36. The van der Waals surface area contributed by atoms with Gasteiger partial charge in [0.15, 0.2) is 22.9 Å². The third-order valence-corrected chi connectivity index (χ3v) is 6.82. The van der Waals surface area contributed by atoms with Crippen LogP contribution in [0, 0.1) is 6.92 Å². The van der Waals surface area contributed by atoms with Crippen molar-refractivity contribution in [1.29, 1.82) is 0 Å². The second-order valence-electron chi connectivity index (χ2n) is 10.8. The van der Waals surface area contributed by atoms with Gasteiger partial charge in [-0.25, -0.2) is 0 Å². The van der Waals surface area contributed by atoms with Gasteiger partial charge in [-0.05, 0) is 63.1 Å². The number of Topliss-reactive ketones (excluding diaryl/α,β-unsaturated/α-hetero) is 1. The van der Waals surface area contributed by atoms with E-state index in [0.29, 0.717) is 33.1 Å². The smallest absolute Gasteiger partial charge is 0.290 e. The molecule has 0 radical (unpaired) electrons. The largest absolute Gasteiger partial charge is 0.503 e. The Kier molecular flexibility index (Phi) is 7.10. The van der Waals surface area contributed by atoms with Crippen molar-refractivity contribution in [2.45, 2.75) is 45.9 Å². The highest BCUT2D eigenvalue weighted by molar-refractivity contribution is 6.31. The van der Waals surface area contributed by atoms with Gasteiger partial charge in [0.2, 0.25) is 5.78 Å². The number of aliphatic hydroxyl groups excluding tert-OH is 1. The summed E-state index contributed by atoms with van der Waals surface area (Å²) in [6.07, 6.45) is 0. The van der Waals surface area contributed by atoms with Crippen LogP contribution in [-0.2, 0) is 11.3 Å². The summed E-state index contributed by atoms with van der Waals surface area (Å²) in [6.45, 7) is 8.00. The highest BCUT2D eigenvalue weighted by atomic mass is 35.5. The van der Waals surface area contributed by atoms with Crippen molar-refractivity contribution in [2.75, 3.05) is 7.11 Å². The first kappa shape index (κ1) is 27.3. The zero-order valence-electron chi connectivity index (χ0n) is 22.9. The van der Waals surface area contributed by atoms with E-state index in [-0.39, 0.29) is 23.5 Å². The van der Waals surface area contributed by atoms with E-state index in [1.807, 2.05) is 76.2 Å². The number of aliphatic hydroxyl groups is 1. The molecular formula is C32H30ClNO6. The van der Waals surface area contributed by atoms with Gasteiger partial charge in [-0.15, -0.1) is 0 Å². The van der Waals surface area contributed by atoms with Gasteiger partial charge in [-0.1, -0.05) is 53.6 Å². The van der Waals surface area contributed by atoms with E-state index < -0.39 is 23.5 Å². The van der Waals surface area contributed by atoms with Crippen LogP contribution in [0.5, 0.6) is 11.5 Å². The molecule has 0 saturated heterocycles. The lowest BCUT2D eigenvalue weighted by Gasteiger charge is -2.27. The Hall–Kier alpha value is -4.23. The number of carbonyl (C=O) groups excluding carboxylic acids is 2. The van der Waals surface area contributed by atoms with Crippen LogP contribution in [-0.4, -0.2) is 34.4 Å². The number of rotatable bonds is 7. The zero-order valence-corrected chi connectivity index (χ0v) is 23.7. The predicted molar refractivity (Wildman–Crippen MR) is 153 cm³/mol. The molecule has 0 spiro atoms. The highest BCUT2D eigenvalue weighted by Gasteiger charge is 2.44.